The van der Waals surface area contributed by atoms with Gasteiger partial charge in [0.15, 0.2) is 0 Å². The number of rotatable bonds is 5. The first-order valence-electron chi connectivity index (χ1n) is 7.40. The normalized spacial score (nSPS) is 19.4. The third-order valence-electron chi connectivity index (χ3n) is 3.55. The van der Waals surface area contributed by atoms with E-state index < -0.39 is 15.9 Å². The van der Waals surface area contributed by atoms with Crippen molar-refractivity contribution in [2.45, 2.75) is 31.3 Å². The molecule has 1 aromatic rings. The summed E-state index contributed by atoms with van der Waals surface area (Å²) in [5.41, 5.74) is 0.780. The minimum atomic E-state index is -3.21. The van der Waals surface area contributed by atoms with Crippen LogP contribution in [0.1, 0.15) is 30.9 Å². The van der Waals surface area contributed by atoms with Crippen LogP contribution in [0.4, 0.5) is 4.79 Å². The zero-order valence-electron chi connectivity index (χ0n) is 12.7. The van der Waals surface area contributed by atoms with Gasteiger partial charge in [0.25, 0.3) is 0 Å². The van der Waals surface area contributed by atoms with Crippen molar-refractivity contribution in [1.29, 1.82) is 0 Å². The van der Waals surface area contributed by atoms with E-state index in [4.69, 9.17) is 0 Å². The minimum Gasteiger partial charge on any atom is -0.332 e. The van der Waals surface area contributed by atoms with Crippen LogP contribution < -0.4 is 10.6 Å². The molecule has 0 heterocycles. The lowest BCUT2D eigenvalue weighted by Crippen LogP contribution is -2.44. The second kappa shape index (κ2) is 7.45. The number of allylic oxidation sites excluding steroid dienone is 1. The van der Waals surface area contributed by atoms with Crippen molar-refractivity contribution in [2.24, 2.45) is 0 Å². The van der Waals surface area contributed by atoms with E-state index in [2.05, 4.69) is 16.7 Å². The van der Waals surface area contributed by atoms with Gasteiger partial charge in [0.2, 0.25) is 0 Å². The summed E-state index contributed by atoms with van der Waals surface area (Å²) in [5, 5.41) is 5.65. The molecule has 0 fully saturated rings. The first kappa shape index (κ1) is 16.5. The fourth-order valence-corrected chi connectivity index (χ4v) is 3.39. The van der Waals surface area contributed by atoms with E-state index in [0.29, 0.717) is 0 Å². The Morgan fingerprint density at radius 1 is 1.32 bits per heavy atom. The molecular weight excluding hydrogens is 300 g/mol. The highest BCUT2D eigenvalue weighted by molar-refractivity contribution is 7.90. The van der Waals surface area contributed by atoms with E-state index in [1.165, 1.54) is 6.26 Å². The number of hydrogen-bond acceptors (Lipinski definition) is 3. The Hall–Kier alpha value is -1.82. The largest absolute Gasteiger partial charge is 0.332 e. The molecule has 1 aliphatic carbocycles. The molecule has 120 valence electrons. The number of urea groups is 1. The number of benzene rings is 1. The predicted molar refractivity (Wildman–Crippen MR) is 87.3 cm³/mol. The predicted octanol–water partition coefficient (Wildman–Crippen LogP) is 2.18. The average Bonchev–Trinajstić information content (AvgIpc) is 2.47. The van der Waals surface area contributed by atoms with Crippen molar-refractivity contribution in [1.82, 2.24) is 10.6 Å². The SMILES string of the molecule is CS(=O)(=O)C[C@@H](NC(=O)N[C@@H]1C=CCCC1)c1ccccc1. The van der Waals surface area contributed by atoms with Crippen molar-refractivity contribution < 1.29 is 13.2 Å². The molecule has 22 heavy (non-hydrogen) atoms. The Morgan fingerprint density at radius 3 is 2.64 bits per heavy atom. The summed E-state index contributed by atoms with van der Waals surface area (Å²) >= 11 is 0. The molecule has 0 unspecified atom stereocenters. The van der Waals surface area contributed by atoms with Gasteiger partial charge >= 0.3 is 6.03 Å². The Labute approximate surface area is 131 Å². The third-order valence-corrected chi connectivity index (χ3v) is 4.49. The molecule has 2 atom stereocenters. The fourth-order valence-electron chi connectivity index (χ4n) is 2.51. The first-order valence-corrected chi connectivity index (χ1v) is 9.46. The topological polar surface area (TPSA) is 75.3 Å². The van der Waals surface area contributed by atoms with Gasteiger partial charge in [0.1, 0.15) is 9.84 Å². The maximum Gasteiger partial charge on any atom is 0.315 e. The van der Waals surface area contributed by atoms with Gasteiger partial charge in [-0.15, -0.1) is 0 Å². The lowest BCUT2D eigenvalue weighted by Gasteiger charge is -2.22. The van der Waals surface area contributed by atoms with Crippen LogP contribution in [0, 0.1) is 0 Å². The molecule has 1 aromatic carbocycles. The van der Waals surface area contributed by atoms with Gasteiger partial charge in [0.05, 0.1) is 11.8 Å². The van der Waals surface area contributed by atoms with Gasteiger partial charge in [-0.1, -0.05) is 42.5 Å². The van der Waals surface area contributed by atoms with E-state index in [-0.39, 0.29) is 17.8 Å². The quantitative estimate of drug-likeness (QED) is 0.816. The Bertz CT molecular complexity index is 626. The van der Waals surface area contributed by atoms with E-state index in [1.807, 2.05) is 36.4 Å². The van der Waals surface area contributed by atoms with Crippen LogP contribution in [0.5, 0.6) is 0 Å². The van der Waals surface area contributed by atoms with Gasteiger partial charge in [-0.05, 0) is 24.8 Å². The van der Waals surface area contributed by atoms with E-state index >= 15 is 0 Å². The number of carbonyl (C=O) groups is 1. The molecule has 2 N–H and O–H groups in total. The van der Waals surface area contributed by atoms with E-state index in [0.717, 1.165) is 24.8 Å². The highest BCUT2D eigenvalue weighted by Crippen LogP contribution is 2.15. The van der Waals surface area contributed by atoms with Crippen LogP contribution in [0.3, 0.4) is 0 Å². The molecule has 1 aliphatic rings. The Kier molecular flexibility index (Phi) is 5.60. The van der Waals surface area contributed by atoms with Crippen LogP contribution >= 0.6 is 0 Å². The van der Waals surface area contributed by atoms with Gasteiger partial charge in [-0.2, -0.15) is 0 Å². The summed E-state index contributed by atoms with van der Waals surface area (Å²) in [4.78, 5) is 12.1. The molecule has 0 aromatic heterocycles. The summed E-state index contributed by atoms with van der Waals surface area (Å²) in [5.74, 6) is -0.120. The number of carbonyl (C=O) groups excluding carboxylic acids is 1. The van der Waals surface area contributed by atoms with Crippen LogP contribution in [0.2, 0.25) is 0 Å². The van der Waals surface area contributed by atoms with Crippen LogP contribution in [0.25, 0.3) is 0 Å². The lowest BCUT2D eigenvalue weighted by atomic mass is 10.0. The van der Waals surface area contributed by atoms with Gasteiger partial charge in [-0.3, -0.25) is 0 Å². The van der Waals surface area contributed by atoms with Gasteiger partial charge in [0, 0.05) is 12.3 Å². The summed E-state index contributed by atoms with van der Waals surface area (Å²) in [6.45, 7) is 0. The number of sulfone groups is 1. The van der Waals surface area contributed by atoms with E-state index in [9.17, 15) is 13.2 Å². The second-order valence-electron chi connectivity index (χ2n) is 5.64. The Balaban J connectivity index is 2.04. The maximum absolute atomic E-state index is 12.1. The molecule has 5 nitrogen and oxygen atoms in total. The summed E-state index contributed by atoms with van der Waals surface area (Å²) in [7, 11) is -3.21. The fraction of sp³-hybridized carbons (Fsp3) is 0.438. The number of hydrogen-bond donors (Lipinski definition) is 2. The van der Waals surface area contributed by atoms with Crippen molar-refractivity contribution in [2.75, 3.05) is 12.0 Å². The smallest absolute Gasteiger partial charge is 0.315 e. The van der Waals surface area contributed by atoms with Gasteiger partial charge < -0.3 is 10.6 Å². The summed E-state index contributed by atoms with van der Waals surface area (Å²) < 4.78 is 23.2. The van der Waals surface area contributed by atoms with Crippen LogP contribution in [-0.4, -0.2) is 32.5 Å². The second-order valence-corrected chi connectivity index (χ2v) is 7.82. The van der Waals surface area contributed by atoms with E-state index in [1.54, 1.807) is 0 Å². The molecule has 0 saturated carbocycles. The van der Waals surface area contributed by atoms with Crippen LogP contribution in [-0.2, 0) is 9.84 Å². The lowest BCUT2D eigenvalue weighted by molar-refractivity contribution is 0.235. The third kappa shape index (κ3) is 5.52. The molecule has 6 heteroatoms. The van der Waals surface area contributed by atoms with Gasteiger partial charge in [-0.25, -0.2) is 13.2 Å². The molecule has 0 spiro atoms. The molecule has 2 amide bonds. The average molecular weight is 322 g/mol. The number of amides is 2. The molecular formula is C16H22N2O3S. The Morgan fingerprint density at radius 2 is 2.05 bits per heavy atom. The zero-order chi connectivity index (χ0) is 16.0. The molecule has 0 aliphatic heterocycles. The molecule has 2 rings (SSSR count). The molecule has 0 radical (unpaired) electrons. The van der Waals surface area contributed by atoms with Crippen molar-refractivity contribution in [3.63, 3.8) is 0 Å². The van der Waals surface area contributed by atoms with Crippen LogP contribution in [0.15, 0.2) is 42.5 Å². The monoisotopic (exact) mass is 322 g/mol. The highest BCUT2D eigenvalue weighted by Gasteiger charge is 2.20. The summed E-state index contributed by atoms with van der Waals surface area (Å²) in [6.07, 6.45) is 8.21. The standard InChI is InChI=1S/C16H22N2O3S/c1-22(20,21)12-15(13-8-4-2-5-9-13)18-16(19)17-14-10-6-3-7-11-14/h2,4-6,8-10,14-15H,3,7,11-12H2,1H3,(H2,17,18,19)/t14-,15-/m1/s1. The molecule has 0 saturated heterocycles. The first-order chi connectivity index (χ1) is 10.4. The minimum absolute atomic E-state index is 0.0170. The van der Waals surface area contributed by atoms with Crippen molar-refractivity contribution in [3.05, 3.63) is 48.0 Å². The highest BCUT2D eigenvalue weighted by atomic mass is 32.2. The summed E-state index contributed by atoms with van der Waals surface area (Å²) in [6, 6.07) is 8.27. The number of nitrogens with one attached hydrogen (secondary N) is 2. The molecule has 0 bridgehead atoms. The van der Waals surface area contributed by atoms with Crippen molar-refractivity contribution in [3.8, 4) is 0 Å². The zero-order valence-corrected chi connectivity index (χ0v) is 13.5. The maximum atomic E-state index is 12.1. The van der Waals surface area contributed by atoms with Crippen molar-refractivity contribution >= 4 is 15.9 Å².